The van der Waals surface area contributed by atoms with Crippen LogP contribution in [0.25, 0.3) is 5.69 Å². The maximum atomic E-state index is 13.2. The van der Waals surface area contributed by atoms with Crippen molar-refractivity contribution < 1.29 is 27.8 Å². The van der Waals surface area contributed by atoms with Crippen LogP contribution in [0.3, 0.4) is 0 Å². The zero-order valence-corrected chi connectivity index (χ0v) is 19.4. The number of aromatic nitrogens is 3. The van der Waals surface area contributed by atoms with Gasteiger partial charge < -0.3 is 9.84 Å². The van der Waals surface area contributed by atoms with Crippen LogP contribution in [0, 0.1) is 6.92 Å². The quantitative estimate of drug-likeness (QED) is 0.493. The summed E-state index contributed by atoms with van der Waals surface area (Å²) >= 11 is -0.269. The fraction of sp³-hybridized carbons (Fsp3) is 0.318. The number of carbonyl (C=O) groups excluding carboxylic acids is 1. The number of benzene rings is 1. The van der Waals surface area contributed by atoms with E-state index in [4.69, 9.17) is 4.74 Å². The fourth-order valence-corrected chi connectivity index (χ4v) is 4.21. The highest BCUT2D eigenvalue weighted by atomic mass is 32.2. The molecule has 0 unspecified atom stereocenters. The van der Waals surface area contributed by atoms with E-state index in [1.165, 1.54) is 48.1 Å². The van der Waals surface area contributed by atoms with Gasteiger partial charge in [-0.15, -0.1) is 0 Å². The van der Waals surface area contributed by atoms with Gasteiger partial charge in [0.25, 0.3) is 5.91 Å². The normalized spacial score (nSPS) is 14.7. The summed E-state index contributed by atoms with van der Waals surface area (Å²) in [6, 6.07) is 6.71. The SMILES string of the molecule is Cc1c(O)n(-c2ccc(SC(F)(F)F)cc2)c(=O)n1Cc1ccncc1C(=O)NN1CCOCC1. The van der Waals surface area contributed by atoms with Gasteiger partial charge in [-0.05, 0) is 54.6 Å². The van der Waals surface area contributed by atoms with Gasteiger partial charge in [0.05, 0.1) is 36.7 Å². The van der Waals surface area contributed by atoms with Crippen molar-refractivity contribution in [3.05, 3.63) is 70.0 Å². The van der Waals surface area contributed by atoms with Crippen LogP contribution < -0.4 is 11.1 Å². The third kappa shape index (κ3) is 5.69. The highest BCUT2D eigenvalue weighted by Gasteiger charge is 2.29. The van der Waals surface area contributed by atoms with Gasteiger partial charge in [-0.25, -0.2) is 14.4 Å². The van der Waals surface area contributed by atoms with Crippen LogP contribution in [0.2, 0.25) is 0 Å². The Kier molecular flexibility index (Phi) is 7.19. The molecule has 0 radical (unpaired) electrons. The van der Waals surface area contributed by atoms with Gasteiger partial charge in [0, 0.05) is 30.4 Å². The number of ether oxygens (including phenoxy) is 1. The Morgan fingerprint density at radius 3 is 2.54 bits per heavy atom. The van der Waals surface area contributed by atoms with Gasteiger partial charge in [0.2, 0.25) is 5.88 Å². The average molecular weight is 510 g/mol. The molecule has 3 aromatic rings. The number of nitrogens with zero attached hydrogens (tertiary/aromatic N) is 4. The van der Waals surface area contributed by atoms with Crippen LogP contribution in [-0.2, 0) is 11.3 Å². The molecule has 9 nitrogen and oxygen atoms in total. The van der Waals surface area contributed by atoms with Crippen LogP contribution in [0.5, 0.6) is 5.88 Å². The second-order valence-corrected chi connectivity index (χ2v) is 8.87. The van der Waals surface area contributed by atoms with Crippen LogP contribution in [-0.4, -0.2) is 62.0 Å². The zero-order chi connectivity index (χ0) is 25.2. The third-order valence-corrected chi connectivity index (χ3v) is 6.19. The molecule has 186 valence electrons. The molecule has 0 spiro atoms. The van der Waals surface area contributed by atoms with Gasteiger partial charge >= 0.3 is 11.2 Å². The van der Waals surface area contributed by atoms with Crippen molar-refractivity contribution in [3.63, 3.8) is 0 Å². The minimum absolute atomic E-state index is 0.0262. The molecule has 0 bridgehead atoms. The lowest BCUT2D eigenvalue weighted by atomic mass is 10.1. The lowest BCUT2D eigenvalue weighted by molar-refractivity contribution is -0.0328. The number of thioether (sulfide) groups is 1. The van der Waals surface area contributed by atoms with Crippen molar-refractivity contribution >= 4 is 17.7 Å². The number of morpholine rings is 1. The number of hydrogen-bond donors (Lipinski definition) is 2. The van der Waals surface area contributed by atoms with Crippen LogP contribution in [0.1, 0.15) is 21.6 Å². The van der Waals surface area contributed by atoms with Gasteiger partial charge in [-0.1, -0.05) is 0 Å². The van der Waals surface area contributed by atoms with E-state index >= 15 is 0 Å². The molecule has 0 atom stereocenters. The maximum absolute atomic E-state index is 13.2. The average Bonchev–Trinajstić information content (AvgIpc) is 3.03. The number of nitrogens with one attached hydrogen (secondary N) is 1. The molecule has 1 saturated heterocycles. The maximum Gasteiger partial charge on any atom is 0.446 e. The first-order valence-corrected chi connectivity index (χ1v) is 11.4. The number of amides is 1. The van der Waals surface area contributed by atoms with Crippen LogP contribution in [0.15, 0.2) is 52.4 Å². The second kappa shape index (κ2) is 10.1. The molecular formula is C22H22F3N5O4S. The molecule has 1 aliphatic heterocycles. The molecule has 2 aromatic heterocycles. The van der Waals surface area contributed by atoms with E-state index < -0.39 is 11.2 Å². The number of hydrazine groups is 1. The highest BCUT2D eigenvalue weighted by molar-refractivity contribution is 8.00. The molecule has 1 aliphatic rings. The molecule has 4 rings (SSSR count). The summed E-state index contributed by atoms with van der Waals surface area (Å²) in [5.41, 5.74) is -1.01. The van der Waals surface area contributed by atoms with Crippen molar-refractivity contribution in [2.24, 2.45) is 0 Å². The minimum atomic E-state index is -4.43. The molecule has 0 saturated carbocycles. The van der Waals surface area contributed by atoms with E-state index in [0.717, 1.165) is 4.57 Å². The first kappa shape index (κ1) is 24.8. The zero-order valence-electron chi connectivity index (χ0n) is 18.6. The van der Waals surface area contributed by atoms with Crippen molar-refractivity contribution in [3.8, 4) is 11.6 Å². The van der Waals surface area contributed by atoms with E-state index in [1.807, 2.05) is 0 Å². The minimum Gasteiger partial charge on any atom is -0.493 e. The van der Waals surface area contributed by atoms with Crippen LogP contribution in [0.4, 0.5) is 13.2 Å². The van der Waals surface area contributed by atoms with E-state index in [-0.39, 0.29) is 51.9 Å². The molecule has 1 fully saturated rings. The first-order chi connectivity index (χ1) is 16.6. The predicted molar refractivity (Wildman–Crippen MR) is 122 cm³/mol. The summed E-state index contributed by atoms with van der Waals surface area (Å²) in [4.78, 5) is 30.0. The van der Waals surface area contributed by atoms with Crippen LogP contribution >= 0.6 is 11.8 Å². The van der Waals surface area contributed by atoms with Crippen molar-refractivity contribution in [1.82, 2.24) is 24.6 Å². The lowest BCUT2D eigenvalue weighted by Crippen LogP contribution is -2.48. The van der Waals surface area contributed by atoms with Gasteiger partial charge in [-0.2, -0.15) is 13.2 Å². The van der Waals surface area contributed by atoms with Crippen molar-refractivity contribution in [2.45, 2.75) is 23.9 Å². The Morgan fingerprint density at radius 2 is 1.89 bits per heavy atom. The lowest BCUT2D eigenvalue weighted by Gasteiger charge is -2.27. The molecule has 35 heavy (non-hydrogen) atoms. The molecule has 1 aromatic carbocycles. The number of alkyl halides is 3. The largest absolute Gasteiger partial charge is 0.493 e. The van der Waals surface area contributed by atoms with Crippen molar-refractivity contribution in [2.75, 3.05) is 26.3 Å². The number of carbonyl (C=O) groups is 1. The van der Waals surface area contributed by atoms with E-state index in [0.29, 0.717) is 31.9 Å². The first-order valence-electron chi connectivity index (χ1n) is 10.6. The van der Waals surface area contributed by atoms with Gasteiger partial charge in [-0.3, -0.25) is 19.8 Å². The third-order valence-electron chi connectivity index (χ3n) is 5.45. The summed E-state index contributed by atoms with van der Waals surface area (Å²) in [7, 11) is 0. The second-order valence-electron chi connectivity index (χ2n) is 7.73. The monoisotopic (exact) mass is 509 g/mol. The van der Waals surface area contributed by atoms with Gasteiger partial charge in [0.1, 0.15) is 0 Å². The Hall–Kier alpha value is -3.29. The van der Waals surface area contributed by atoms with Crippen molar-refractivity contribution in [1.29, 1.82) is 0 Å². The summed E-state index contributed by atoms with van der Waals surface area (Å²) in [6.45, 7) is 3.58. The van der Waals surface area contributed by atoms with Gasteiger partial charge in [0.15, 0.2) is 0 Å². The predicted octanol–water partition coefficient (Wildman–Crippen LogP) is 2.69. The standard InChI is InChI=1S/C22H22F3N5O4S/c1-14-20(32)30(16-2-4-17(5-3-16)35-22(23,24)25)21(33)29(14)13-15-6-7-26-12-18(15)19(31)27-28-8-10-34-11-9-28/h2-7,12,32H,8-11,13H2,1H3,(H,27,31). The van der Waals surface area contributed by atoms with E-state index in [9.17, 15) is 27.9 Å². The topological polar surface area (TPSA) is 102 Å². The number of halogens is 3. The molecule has 13 heteroatoms. The summed E-state index contributed by atoms with van der Waals surface area (Å²) in [6.07, 6.45) is 2.90. The number of hydrogen-bond acceptors (Lipinski definition) is 7. The Balaban J connectivity index is 1.60. The molecular weight excluding hydrogens is 487 g/mol. The number of rotatable bonds is 6. The molecule has 1 amide bonds. The Bertz CT molecular complexity index is 1270. The Labute approximate surface area is 202 Å². The van der Waals surface area contributed by atoms with E-state index in [2.05, 4.69) is 10.4 Å². The highest BCUT2D eigenvalue weighted by Crippen LogP contribution is 2.37. The fourth-order valence-electron chi connectivity index (χ4n) is 3.67. The molecule has 0 aliphatic carbocycles. The number of pyridine rings is 1. The molecule has 3 heterocycles. The summed E-state index contributed by atoms with van der Waals surface area (Å²) in [5.74, 6) is -0.735. The molecule has 2 N–H and O–H groups in total. The smallest absolute Gasteiger partial charge is 0.446 e. The summed E-state index contributed by atoms with van der Waals surface area (Å²) in [5, 5.41) is 12.4. The Morgan fingerprint density at radius 1 is 1.20 bits per heavy atom. The number of imidazole rings is 1. The summed E-state index contributed by atoms with van der Waals surface area (Å²) < 4.78 is 45.4. The number of aromatic hydroxyl groups is 1. The van der Waals surface area contributed by atoms with E-state index in [1.54, 1.807) is 11.1 Å².